The Balaban J connectivity index is 2.94. The molecular formula is C17H27BrN2O3. The van der Waals surface area contributed by atoms with Gasteiger partial charge in [0.15, 0.2) is 11.5 Å². The minimum atomic E-state index is -0.165. The van der Waals surface area contributed by atoms with Gasteiger partial charge in [-0.1, -0.05) is 20.8 Å². The van der Waals surface area contributed by atoms with Crippen molar-refractivity contribution in [3.05, 3.63) is 22.2 Å². The molecule has 1 atom stereocenters. The van der Waals surface area contributed by atoms with Gasteiger partial charge >= 0.3 is 0 Å². The fourth-order valence-electron chi connectivity index (χ4n) is 2.25. The van der Waals surface area contributed by atoms with Gasteiger partial charge in [-0.25, -0.2) is 0 Å². The molecule has 0 radical (unpaired) electrons. The van der Waals surface area contributed by atoms with E-state index in [0.717, 1.165) is 12.8 Å². The molecular weight excluding hydrogens is 360 g/mol. The molecule has 0 aliphatic rings. The molecule has 23 heavy (non-hydrogen) atoms. The predicted molar refractivity (Wildman–Crippen MR) is 96.2 cm³/mol. The molecule has 1 unspecified atom stereocenters. The molecule has 3 N–H and O–H groups in total. The van der Waals surface area contributed by atoms with Crippen molar-refractivity contribution in [3.8, 4) is 11.5 Å². The Bertz CT molecular complexity index is 521. The maximum atomic E-state index is 12.5. The van der Waals surface area contributed by atoms with E-state index in [4.69, 9.17) is 15.2 Å². The van der Waals surface area contributed by atoms with Gasteiger partial charge in [-0.15, -0.1) is 0 Å². The predicted octanol–water partition coefficient (Wildman–Crippen LogP) is 3.35. The first kappa shape index (κ1) is 19.8. The lowest BCUT2D eigenvalue weighted by Crippen LogP contribution is -2.41. The zero-order chi connectivity index (χ0) is 17.4. The number of rotatable bonds is 9. The topological polar surface area (TPSA) is 73.6 Å². The van der Waals surface area contributed by atoms with Gasteiger partial charge in [0.25, 0.3) is 5.91 Å². The van der Waals surface area contributed by atoms with Crippen LogP contribution in [0.2, 0.25) is 0 Å². The molecule has 0 saturated heterocycles. The van der Waals surface area contributed by atoms with E-state index < -0.39 is 0 Å². The Morgan fingerprint density at radius 3 is 2.61 bits per heavy atom. The number of halogens is 1. The molecule has 1 aromatic carbocycles. The Morgan fingerprint density at radius 2 is 2.09 bits per heavy atom. The molecule has 0 fully saturated rings. The van der Waals surface area contributed by atoms with Crippen molar-refractivity contribution >= 4 is 21.8 Å². The first-order valence-corrected chi connectivity index (χ1v) is 8.73. The fourth-order valence-corrected chi connectivity index (χ4v) is 2.80. The first-order chi connectivity index (χ1) is 10.9. The Kier molecular flexibility index (Phi) is 8.41. The van der Waals surface area contributed by atoms with Gasteiger partial charge < -0.3 is 20.5 Å². The molecule has 6 heteroatoms. The molecule has 1 aromatic rings. The van der Waals surface area contributed by atoms with Crippen molar-refractivity contribution in [3.63, 3.8) is 0 Å². The summed E-state index contributed by atoms with van der Waals surface area (Å²) in [5, 5.41) is 2.97. The second-order valence-corrected chi connectivity index (χ2v) is 6.73. The number of ether oxygens (including phenoxy) is 2. The molecule has 0 spiro atoms. The molecule has 0 heterocycles. The van der Waals surface area contributed by atoms with Crippen molar-refractivity contribution in [2.45, 2.75) is 39.7 Å². The van der Waals surface area contributed by atoms with E-state index in [2.05, 4.69) is 35.1 Å². The number of nitrogens with two attached hydrogens (primary N) is 1. The highest BCUT2D eigenvalue weighted by Gasteiger charge is 2.18. The van der Waals surface area contributed by atoms with E-state index in [1.165, 1.54) is 0 Å². The summed E-state index contributed by atoms with van der Waals surface area (Å²) in [7, 11) is 1.56. The van der Waals surface area contributed by atoms with Crippen LogP contribution in [0.3, 0.4) is 0 Å². The fraction of sp³-hybridized carbons (Fsp3) is 0.588. The summed E-state index contributed by atoms with van der Waals surface area (Å²) in [5.41, 5.74) is 6.26. The molecule has 0 aromatic heterocycles. The van der Waals surface area contributed by atoms with Gasteiger partial charge in [-0.2, -0.15) is 0 Å². The zero-order valence-corrected chi connectivity index (χ0v) is 15.9. The van der Waals surface area contributed by atoms with Crippen LogP contribution in [0.5, 0.6) is 11.5 Å². The van der Waals surface area contributed by atoms with Crippen molar-refractivity contribution in [2.75, 3.05) is 20.3 Å². The lowest BCUT2D eigenvalue weighted by molar-refractivity contribution is 0.0933. The van der Waals surface area contributed by atoms with Gasteiger partial charge in [-0.3, -0.25) is 4.79 Å². The number of amides is 1. The summed E-state index contributed by atoms with van der Waals surface area (Å²) in [4.78, 5) is 12.5. The number of hydrogen-bond donors (Lipinski definition) is 2. The van der Waals surface area contributed by atoms with Crippen LogP contribution in [0.1, 0.15) is 44.0 Å². The summed E-state index contributed by atoms with van der Waals surface area (Å²) in [5.74, 6) is 1.45. The highest BCUT2D eigenvalue weighted by atomic mass is 79.9. The minimum Gasteiger partial charge on any atom is -0.493 e. The Morgan fingerprint density at radius 1 is 1.39 bits per heavy atom. The van der Waals surface area contributed by atoms with Crippen LogP contribution in [0.4, 0.5) is 0 Å². The molecule has 0 aliphatic carbocycles. The lowest BCUT2D eigenvalue weighted by atomic mass is 10.0. The maximum absolute atomic E-state index is 12.5. The van der Waals surface area contributed by atoms with Crippen LogP contribution in [0.15, 0.2) is 16.6 Å². The van der Waals surface area contributed by atoms with Crippen molar-refractivity contribution in [2.24, 2.45) is 11.7 Å². The summed E-state index contributed by atoms with van der Waals surface area (Å²) in [6.45, 7) is 7.25. The number of hydrogen-bond acceptors (Lipinski definition) is 4. The maximum Gasteiger partial charge on any atom is 0.251 e. The van der Waals surface area contributed by atoms with E-state index in [1.807, 2.05) is 6.92 Å². The summed E-state index contributed by atoms with van der Waals surface area (Å²) in [6, 6.07) is 3.39. The van der Waals surface area contributed by atoms with Crippen molar-refractivity contribution in [1.82, 2.24) is 5.32 Å². The number of benzene rings is 1. The minimum absolute atomic E-state index is 0.0386. The molecule has 0 saturated carbocycles. The number of carbonyl (C=O) groups excluding carboxylic acids is 1. The van der Waals surface area contributed by atoms with Crippen LogP contribution in [0.25, 0.3) is 0 Å². The van der Waals surface area contributed by atoms with Crippen LogP contribution in [0, 0.1) is 5.92 Å². The lowest BCUT2D eigenvalue weighted by Gasteiger charge is -2.19. The number of carbonyl (C=O) groups is 1. The Hall–Kier alpha value is -1.27. The molecule has 1 amide bonds. The molecule has 130 valence electrons. The Labute approximate surface area is 147 Å². The summed E-state index contributed by atoms with van der Waals surface area (Å²) < 4.78 is 11.7. The third-order valence-corrected chi connectivity index (χ3v) is 3.91. The molecule has 5 nitrogen and oxygen atoms in total. The SMILES string of the molecule is CCCOc1c(Br)cc(C(=O)NC(CN)CC(C)C)cc1OC. The standard InChI is InChI=1S/C17H27BrN2O3/c1-5-6-23-16-14(18)8-12(9-15(16)22-4)17(21)20-13(10-19)7-11(2)3/h8-9,11,13H,5-7,10,19H2,1-4H3,(H,20,21). The van der Waals surface area contributed by atoms with Crippen LogP contribution < -0.4 is 20.5 Å². The van der Waals surface area contributed by atoms with E-state index in [0.29, 0.717) is 40.6 Å². The first-order valence-electron chi connectivity index (χ1n) is 7.94. The third kappa shape index (κ3) is 6.03. The van der Waals surface area contributed by atoms with E-state index >= 15 is 0 Å². The van der Waals surface area contributed by atoms with Gasteiger partial charge in [0, 0.05) is 18.2 Å². The quantitative estimate of drug-likeness (QED) is 0.682. The van der Waals surface area contributed by atoms with E-state index in [-0.39, 0.29) is 11.9 Å². The monoisotopic (exact) mass is 386 g/mol. The second kappa shape index (κ2) is 9.78. The molecule has 1 rings (SSSR count). The largest absolute Gasteiger partial charge is 0.493 e. The zero-order valence-electron chi connectivity index (χ0n) is 14.3. The van der Waals surface area contributed by atoms with Gasteiger partial charge in [0.1, 0.15) is 0 Å². The number of methoxy groups -OCH3 is 1. The van der Waals surface area contributed by atoms with Gasteiger partial charge in [0.2, 0.25) is 0 Å². The summed E-state index contributed by atoms with van der Waals surface area (Å²) >= 11 is 3.45. The molecule has 0 bridgehead atoms. The highest BCUT2D eigenvalue weighted by molar-refractivity contribution is 9.10. The van der Waals surface area contributed by atoms with Crippen LogP contribution >= 0.6 is 15.9 Å². The normalized spacial score (nSPS) is 12.1. The van der Waals surface area contributed by atoms with Crippen LogP contribution in [-0.4, -0.2) is 32.2 Å². The van der Waals surface area contributed by atoms with Crippen molar-refractivity contribution in [1.29, 1.82) is 0 Å². The number of nitrogens with one attached hydrogen (secondary N) is 1. The van der Waals surface area contributed by atoms with Crippen LogP contribution in [-0.2, 0) is 0 Å². The average molecular weight is 387 g/mol. The smallest absolute Gasteiger partial charge is 0.251 e. The highest BCUT2D eigenvalue weighted by Crippen LogP contribution is 2.36. The van der Waals surface area contributed by atoms with Crippen molar-refractivity contribution < 1.29 is 14.3 Å². The van der Waals surface area contributed by atoms with Gasteiger partial charge in [-0.05, 0) is 46.8 Å². The molecule has 0 aliphatic heterocycles. The van der Waals surface area contributed by atoms with E-state index in [9.17, 15) is 4.79 Å². The van der Waals surface area contributed by atoms with E-state index in [1.54, 1.807) is 19.2 Å². The average Bonchev–Trinajstić information content (AvgIpc) is 2.51. The summed E-state index contributed by atoms with van der Waals surface area (Å²) in [6.07, 6.45) is 1.74. The van der Waals surface area contributed by atoms with Gasteiger partial charge in [0.05, 0.1) is 18.2 Å². The third-order valence-electron chi connectivity index (χ3n) is 3.32. The second-order valence-electron chi connectivity index (χ2n) is 5.87.